The first-order valence-corrected chi connectivity index (χ1v) is 7.34. The molecule has 2 aromatic rings. The number of rotatable bonds is 3. The summed E-state index contributed by atoms with van der Waals surface area (Å²) in [6.07, 6.45) is 8.60. The fourth-order valence-electron chi connectivity index (χ4n) is 2.64. The molecule has 7 nitrogen and oxygen atoms in total. The van der Waals surface area contributed by atoms with E-state index in [1.165, 1.54) is 0 Å². The van der Waals surface area contributed by atoms with Crippen molar-refractivity contribution in [2.45, 2.75) is 25.7 Å². The summed E-state index contributed by atoms with van der Waals surface area (Å²) in [5.74, 6) is 1.48. The van der Waals surface area contributed by atoms with E-state index in [1.54, 1.807) is 31.7 Å². The van der Waals surface area contributed by atoms with E-state index in [4.69, 9.17) is 0 Å². The van der Waals surface area contributed by atoms with Crippen molar-refractivity contribution in [2.75, 3.05) is 18.4 Å². The molecule has 0 unspecified atom stereocenters. The molecule has 0 saturated carbocycles. The van der Waals surface area contributed by atoms with Crippen molar-refractivity contribution in [1.29, 1.82) is 0 Å². The average molecular weight is 298 g/mol. The molecule has 7 heteroatoms. The lowest BCUT2D eigenvalue weighted by atomic mass is 9.94. The highest BCUT2D eigenvalue weighted by Crippen LogP contribution is 2.26. The largest absolute Gasteiger partial charge is 0.342 e. The Kier molecular flexibility index (Phi) is 4.22. The maximum Gasteiger partial charge on any atom is 0.228 e. The van der Waals surface area contributed by atoms with E-state index in [0.717, 1.165) is 31.6 Å². The van der Waals surface area contributed by atoms with Gasteiger partial charge in [0.25, 0.3) is 0 Å². The number of carbonyl (C=O) groups excluding carboxylic acids is 1. The number of nitrogens with zero attached hydrogens (tertiary/aromatic N) is 5. The van der Waals surface area contributed by atoms with Crippen LogP contribution in [0.5, 0.6) is 0 Å². The van der Waals surface area contributed by atoms with E-state index in [0.29, 0.717) is 11.8 Å². The highest BCUT2D eigenvalue weighted by molar-refractivity contribution is 5.73. The molecular formula is C15H18N6O. The van der Waals surface area contributed by atoms with E-state index in [1.807, 2.05) is 11.0 Å². The molecule has 22 heavy (non-hydrogen) atoms. The minimum Gasteiger partial charge on any atom is -0.342 e. The van der Waals surface area contributed by atoms with Crippen molar-refractivity contribution in [3.8, 4) is 0 Å². The summed E-state index contributed by atoms with van der Waals surface area (Å²) in [6, 6.07) is 1.91. The Morgan fingerprint density at radius 3 is 3.00 bits per heavy atom. The molecule has 2 aromatic heterocycles. The van der Waals surface area contributed by atoms with E-state index in [2.05, 4.69) is 25.3 Å². The van der Waals surface area contributed by atoms with E-state index < -0.39 is 0 Å². The summed E-state index contributed by atoms with van der Waals surface area (Å²) in [5, 5.41) is 3.04. The Hall–Kier alpha value is -2.57. The van der Waals surface area contributed by atoms with Crippen LogP contribution in [0.15, 0.2) is 30.9 Å². The average Bonchev–Trinajstić information content (AvgIpc) is 2.56. The Morgan fingerprint density at radius 2 is 2.23 bits per heavy atom. The topological polar surface area (TPSA) is 83.9 Å². The van der Waals surface area contributed by atoms with Crippen LogP contribution in [-0.4, -0.2) is 43.8 Å². The van der Waals surface area contributed by atoms with Gasteiger partial charge in [-0.05, 0) is 18.9 Å². The minimum atomic E-state index is 0.122. The number of amides is 1. The van der Waals surface area contributed by atoms with Gasteiger partial charge in [-0.15, -0.1) is 0 Å². The number of aromatic nitrogens is 4. The van der Waals surface area contributed by atoms with Crippen LogP contribution in [0, 0.1) is 0 Å². The van der Waals surface area contributed by atoms with Gasteiger partial charge in [0.05, 0.1) is 11.9 Å². The molecule has 1 aliphatic rings. The van der Waals surface area contributed by atoms with Crippen LogP contribution in [0.1, 0.15) is 31.4 Å². The number of hydrogen-bond acceptors (Lipinski definition) is 6. The van der Waals surface area contributed by atoms with Crippen LogP contribution in [0.4, 0.5) is 11.8 Å². The number of nitrogens with one attached hydrogen (secondary N) is 1. The van der Waals surface area contributed by atoms with Crippen LogP contribution in [0.25, 0.3) is 0 Å². The fourth-order valence-corrected chi connectivity index (χ4v) is 2.64. The van der Waals surface area contributed by atoms with Gasteiger partial charge in [0.15, 0.2) is 5.82 Å². The molecular weight excluding hydrogens is 280 g/mol. The van der Waals surface area contributed by atoms with Crippen molar-refractivity contribution in [3.63, 3.8) is 0 Å². The van der Waals surface area contributed by atoms with Gasteiger partial charge in [-0.25, -0.2) is 15.0 Å². The van der Waals surface area contributed by atoms with Gasteiger partial charge in [-0.1, -0.05) is 0 Å². The molecule has 0 radical (unpaired) electrons. The zero-order valence-corrected chi connectivity index (χ0v) is 12.4. The molecule has 1 amide bonds. The standard InChI is InChI=1S/C15H18N6O/c1-11(22)21-8-2-3-12(10-21)13-4-5-18-15(19-13)20-14-9-16-6-7-17-14/h4-7,9,12H,2-3,8,10H2,1H3,(H,17,18,19,20)/t12-/m1/s1. The van der Waals surface area contributed by atoms with Crippen LogP contribution in [0.3, 0.4) is 0 Å². The first kappa shape index (κ1) is 14.4. The number of anilines is 2. The fraction of sp³-hybridized carbons (Fsp3) is 0.400. The van der Waals surface area contributed by atoms with Crippen molar-refractivity contribution in [1.82, 2.24) is 24.8 Å². The van der Waals surface area contributed by atoms with Gasteiger partial charge < -0.3 is 10.2 Å². The summed E-state index contributed by atoms with van der Waals surface area (Å²) in [5.41, 5.74) is 0.951. The summed E-state index contributed by atoms with van der Waals surface area (Å²) in [4.78, 5) is 30.3. The Labute approximate surface area is 128 Å². The minimum absolute atomic E-state index is 0.122. The molecule has 1 N–H and O–H groups in total. The Balaban J connectivity index is 1.75. The molecule has 0 aromatic carbocycles. The predicted molar refractivity (Wildman–Crippen MR) is 81.6 cm³/mol. The maximum absolute atomic E-state index is 11.5. The second-order valence-corrected chi connectivity index (χ2v) is 5.32. The van der Waals surface area contributed by atoms with Gasteiger partial charge in [0.2, 0.25) is 11.9 Å². The third-order valence-electron chi connectivity index (χ3n) is 3.77. The molecule has 3 rings (SSSR count). The summed E-state index contributed by atoms with van der Waals surface area (Å²) >= 11 is 0. The van der Waals surface area contributed by atoms with Crippen molar-refractivity contribution >= 4 is 17.7 Å². The van der Waals surface area contributed by atoms with Gasteiger partial charge in [0.1, 0.15) is 0 Å². The zero-order chi connectivity index (χ0) is 15.4. The normalized spacial score (nSPS) is 18.0. The monoisotopic (exact) mass is 298 g/mol. The van der Waals surface area contributed by atoms with Gasteiger partial charge in [-0.2, -0.15) is 0 Å². The lowest BCUT2D eigenvalue weighted by Crippen LogP contribution is -2.37. The molecule has 1 fully saturated rings. The third-order valence-corrected chi connectivity index (χ3v) is 3.77. The first-order chi connectivity index (χ1) is 10.7. The van der Waals surface area contributed by atoms with Crippen molar-refractivity contribution < 1.29 is 4.79 Å². The van der Waals surface area contributed by atoms with Crippen LogP contribution in [-0.2, 0) is 4.79 Å². The SMILES string of the molecule is CC(=O)N1CCC[C@@H](c2ccnc(Nc3cnccn3)n2)C1. The van der Waals surface area contributed by atoms with Crippen molar-refractivity contribution in [3.05, 3.63) is 36.5 Å². The predicted octanol–water partition coefficient (Wildman–Crippen LogP) is 1.74. The Morgan fingerprint density at radius 1 is 1.32 bits per heavy atom. The van der Waals surface area contributed by atoms with Crippen molar-refractivity contribution in [2.24, 2.45) is 0 Å². The molecule has 3 heterocycles. The molecule has 0 aliphatic carbocycles. The highest BCUT2D eigenvalue weighted by atomic mass is 16.2. The molecule has 114 valence electrons. The van der Waals surface area contributed by atoms with Crippen LogP contribution < -0.4 is 5.32 Å². The summed E-state index contributed by atoms with van der Waals surface area (Å²) in [7, 11) is 0. The molecule has 0 spiro atoms. The van der Waals surface area contributed by atoms with Crippen LogP contribution in [0.2, 0.25) is 0 Å². The van der Waals surface area contributed by atoms with Gasteiger partial charge in [-0.3, -0.25) is 9.78 Å². The lowest BCUT2D eigenvalue weighted by molar-refractivity contribution is -0.130. The second kappa shape index (κ2) is 6.46. The molecule has 1 saturated heterocycles. The lowest BCUT2D eigenvalue weighted by Gasteiger charge is -2.31. The maximum atomic E-state index is 11.5. The second-order valence-electron chi connectivity index (χ2n) is 5.32. The van der Waals surface area contributed by atoms with E-state index in [-0.39, 0.29) is 11.8 Å². The van der Waals surface area contributed by atoms with Crippen LogP contribution >= 0.6 is 0 Å². The smallest absolute Gasteiger partial charge is 0.228 e. The highest BCUT2D eigenvalue weighted by Gasteiger charge is 2.24. The number of hydrogen-bond donors (Lipinski definition) is 1. The zero-order valence-electron chi connectivity index (χ0n) is 12.4. The van der Waals surface area contributed by atoms with E-state index >= 15 is 0 Å². The third kappa shape index (κ3) is 3.36. The van der Waals surface area contributed by atoms with Gasteiger partial charge in [0, 0.05) is 44.5 Å². The number of likely N-dealkylation sites (tertiary alicyclic amines) is 1. The first-order valence-electron chi connectivity index (χ1n) is 7.34. The van der Waals surface area contributed by atoms with E-state index in [9.17, 15) is 4.79 Å². The molecule has 1 aliphatic heterocycles. The summed E-state index contributed by atoms with van der Waals surface area (Å²) in [6.45, 7) is 3.17. The molecule has 0 bridgehead atoms. The number of piperidine rings is 1. The number of carbonyl (C=O) groups is 1. The quantitative estimate of drug-likeness (QED) is 0.929. The molecule has 1 atom stereocenters. The summed E-state index contributed by atoms with van der Waals surface area (Å²) < 4.78 is 0. The Bertz CT molecular complexity index is 647. The van der Waals surface area contributed by atoms with Gasteiger partial charge >= 0.3 is 0 Å².